The molecule has 2 aromatic rings. The van der Waals surface area contributed by atoms with E-state index >= 15 is 0 Å². The van der Waals surface area contributed by atoms with Gasteiger partial charge in [-0.15, -0.1) is 0 Å². The van der Waals surface area contributed by atoms with E-state index in [9.17, 15) is 22.0 Å². The summed E-state index contributed by atoms with van der Waals surface area (Å²) in [6.07, 6.45) is -1.24. The summed E-state index contributed by atoms with van der Waals surface area (Å²) in [6, 6.07) is 0. The minimum Gasteiger partial charge on any atom is -0.341 e. The van der Waals surface area contributed by atoms with Gasteiger partial charge in [0.25, 0.3) is 5.92 Å². The highest BCUT2D eigenvalue weighted by molar-refractivity contribution is 5.66. The zero-order valence-electron chi connectivity index (χ0n) is 9.32. The van der Waals surface area contributed by atoms with E-state index in [1.54, 1.807) is 0 Å². The predicted octanol–water partition coefficient (Wildman–Crippen LogP) is 2.20. The van der Waals surface area contributed by atoms with Crippen LogP contribution in [0.25, 0.3) is 5.65 Å². The van der Waals surface area contributed by atoms with E-state index in [0.29, 0.717) is 0 Å². The molecule has 0 atom stereocenters. The van der Waals surface area contributed by atoms with Crippen LogP contribution in [0.3, 0.4) is 0 Å². The second-order valence-corrected chi connectivity index (χ2v) is 4.32. The van der Waals surface area contributed by atoms with Crippen molar-refractivity contribution >= 4 is 11.5 Å². The van der Waals surface area contributed by atoms with Gasteiger partial charge in [-0.3, -0.25) is 0 Å². The molecule has 0 radical (unpaired) electrons. The summed E-state index contributed by atoms with van der Waals surface area (Å²) in [7, 11) is 0. The maximum Gasteiger partial charge on any atom is 0.434 e. The fourth-order valence-corrected chi connectivity index (χ4v) is 1.93. The molecule has 0 unspecified atom stereocenters. The largest absolute Gasteiger partial charge is 0.434 e. The molecule has 4 nitrogen and oxygen atoms in total. The first kappa shape index (κ1) is 12.1. The van der Waals surface area contributed by atoms with Gasteiger partial charge in [0.15, 0.2) is 17.2 Å². The molecule has 9 heteroatoms. The Hall–Kier alpha value is -1.93. The normalized spacial score (nSPS) is 18.7. The number of hydrogen-bond donors (Lipinski definition) is 0. The Morgan fingerprint density at radius 3 is 2.47 bits per heavy atom. The van der Waals surface area contributed by atoms with Gasteiger partial charge >= 0.3 is 6.18 Å². The Balaban J connectivity index is 2.04. The lowest BCUT2D eigenvalue weighted by atomic mass is 10.1. The molecule has 3 heterocycles. The highest BCUT2D eigenvalue weighted by Crippen LogP contribution is 2.34. The molecule has 19 heavy (non-hydrogen) atoms. The number of aromatic nitrogens is 3. The molecule has 0 saturated carbocycles. The molecule has 0 N–H and O–H groups in total. The van der Waals surface area contributed by atoms with Crippen molar-refractivity contribution < 1.29 is 22.0 Å². The van der Waals surface area contributed by atoms with Gasteiger partial charge in [-0.25, -0.2) is 18.7 Å². The molecule has 0 amide bonds. The van der Waals surface area contributed by atoms with Crippen LogP contribution in [0.1, 0.15) is 5.69 Å². The van der Waals surface area contributed by atoms with E-state index in [0.717, 1.165) is 10.6 Å². The standard InChI is InChI=1S/C10H7F5N4/c11-9(12)4-19(5-9)7-8-17-6(10(13,14)15)3-18(8)2-1-16-7/h1-3H,4-5H2. The van der Waals surface area contributed by atoms with Crippen molar-refractivity contribution in [2.24, 2.45) is 0 Å². The van der Waals surface area contributed by atoms with Crippen LogP contribution in [0, 0.1) is 0 Å². The van der Waals surface area contributed by atoms with Crippen LogP contribution in [0.5, 0.6) is 0 Å². The number of fused-ring (bicyclic) bond motifs is 1. The summed E-state index contributed by atoms with van der Waals surface area (Å²) in [5, 5.41) is 0. The highest BCUT2D eigenvalue weighted by atomic mass is 19.4. The zero-order valence-corrected chi connectivity index (χ0v) is 9.32. The van der Waals surface area contributed by atoms with Crippen LogP contribution in [0.4, 0.5) is 27.8 Å². The van der Waals surface area contributed by atoms with Gasteiger partial charge < -0.3 is 9.30 Å². The molecule has 0 aromatic carbocycles. The van der Waals surface area contributed by atoms with Crippen LogP contribution < -0.4 is 4.90 Å². The Morgan fingerprint density at radius 1 is 1.21 bits per heavy atom. The molecule has 1 saturated heterocycles. The van der Waals surface area contributed by atoms with E-state index in [1.807, 2.05) is 0 Å². The second-order valence-electron chi connectivity index (χ2n) is 4.32. The number of hydrogen-bond acceptors (Lipinski definition) is 3. The lowest BCUT2D eigenvalue weighted by Gasteiger charge is -2.39. The number of anilines is 1. The fourth-order valence-electron chi connectivity index (χ4n) is 1.93. The SMILES string of the molecule is FC1(F)CN(c2nccn3cc(C(F)(F)F)nc23)C1. The van der Waals surface area contributed by atoms with Crippen LogP contribution >= 0.6 is 0 Å². The maximum atomic E-state index is 12.8. The Kier molecular flexibility index (Phi) is 2.26. The van der Waals surface area contributed by atoms with E-state index in [-0.39, 0.29) is 11.5 Å². The molecule has 2 aromatic heterocycles. The quantitative estimate of drug-likeness (QED) is 0.750. The zero-order chi connectivity index (χ0) is 13.8. The second kappa shape index (κ2) is 3.55. The molecule has 1 aliphatic heterocycles. The number of nitrogens with zero attached hydrogens (tertiary/aromatic N) is 4. The molecule has 0 aliphatic carbocycles. The van der Waals surface area contributed by atoms with Crippen molar-refractivity contribution in [3.05, 3.63) is 24.3 Å². The molecule has 1 fully saturated rings. The van der Waals surface area contributed by atoms with Crippen molar-refractivity contribution in [3.8, 4) is 0 Å². The summed E-state index contributed by atoms with van der Waals surface area (Å²) in [5.74, 6) is -2.79. The van der Waals surface area contributed by atoms with Gasteiger partial charge in [-0.2, -0.15) is 13.2 Å². The smallest absolute Gasteiger partial charge is 0.341 e. The van der Waals surface area contributed by atoms with Crippen LogP contribution in [-0.4, -0.2) is 33.4 Å². The van der Waals surface area contributed by atoms with Gasteiger partial charge in [0.1, 0.15) is 0 Å². The molecule has 1 aliphatic rings. The summed E-state index contributed by atoms with van der Waals surface area (Å²) < 4.78 is 64.4. The fraction of sp³-hybridized carbons (Fsp3) is 0.400. The van der Waals surface area contributed by atoms with E-state index in [1.165, 1.54) is 17.3 Å². The number of imidazole rings is 1. The number of halogens is 5. The monoisotopic (exact) mass is 278 g/mol. The first-order chi connectivity index (χ1) is 8.76. The molecule has 3 rings (SSSR count). The van der Waals surface area contributed by atoms with E-state index in [4.69, 9.17) is 0 Å². The van der Waals surface area contributed by atoms with Crippen molar-refractivity contribution in [2.45, 2.75) is 12.1 Å². The average molecular weight is 278 g/mol. The molecule has 0 bridgehead atoms. The van der Waals surface area contributed by atoms with Crippen LogP contribution in [-0.2, 0) is 6.18 Å². The number of rotatable bonds is 1. The summed E-state index contributed by atoms with van der Waals surface area (Å²) in [5.41, 5.74) is -1.15. The van der Waals surface area contributed by atoms with Gasteiger partial charge in [0.05, 0.1) is 13.1 Å². The minimum atomic E-state index is -4.58. The predicted molar refractivity (Wildman–Crippen MR) is 55.1 cm³/mol. The lowest BCUT2D eigenvalue weighted by molar-refractivity contribution is -0.140. The van der Waals surface area contributed by atoms with Gasteiger partial charge in [0, 0.05) is 18.6 Å². The third-order valence-electron chi connectivity index (χ3n) is 2.79. The summed E-state index contributed by atoms with van der Waals surface area (Å²) >= 11 is 0. The van der Waals surface area contributed by atoms with Gasteiger partial charge in [0.2, 0.25) is 0 Å². The van der Waals surface area contributed by atoms with E-state index in [2.05, 4.69) is 9.97 Å². The maximum absolute atomic E-state index is 12.8. The topological polar surface area (TPSA) is 33.4 Å². The third kappa shape index (κ3) is 1.98. The Labute approximate surface area is 103 Å². The molecule has 102 valence electrons. The molecular formula is C10H7F5N4. The average Bonchev–Trinajstić information content (AvgIpc) is 2.68. The molecule has 0 spiro atoms. The van der Waals surface area contributed by atoms with Crippen LogP contribution in [0.2, 0.25) is 0 Å². The van der Waals surface area contributed by atoms with Crippen molar-refractivity contribution in [3.63, 3.8) is 0 Å². The third-order valence-corrected chi connectivity index (χ3v) is 2.79. The first-order valence-electron chi connectivity index (χ1n) is 5.30. The minimum absolute atomic E-state index is 0.0314. The van der Waals surface area contributed by atoms with E-state index < -0.39 is 30.9 Å². The van der Waals surface area contributed by atoms with Crippen molar-refractivity contribution in [1.29, 1.82) is 0 Å². The van der Waals surface area contributed by atoms with Crippen LogP contribution in [0.15, 0.2) is 18.6 Å². The Morgan fingerprint density at radius 2 is 1.89 bits per heavy atom. The number of alkyl halides is 5. The first-order valence-corrected chi connectivity index (χ1v) is 5.30. The summed E-state index contributed by atoms with van der Waals surface area (Å²) in [6.45, 7) is -1.12. The Bertz CT molecular complexity index is 624. The highest BCUT2D eigenvalue weighted by Gasteiger charge is 2.45. The van der Waals surface area contributed by atoms with Gasteiger partial charge in [-0.05, 0) is 0 Å². The van der Waals surface area contributed by atoms with Gasteiger partial charge in [-0.1, -0.05) is 0 Å². The molecular weight excluding hydrogens is 271 g/mol. The summed E-state index contributed by atoms with van der Waals surface area (Å²) in [4.78, 5) is 8.45. The van der Waals surface area contributed by atoms with Crippen molar-refractivity contribution in [2.75, 3.05) is 18.0 Å². The lowest BCUT2D eigenvalue weighted by Crippen LogP contribution is -2.56. The van der Waals surface area contributed by atoms with Crippen molar-refractivity contribution in [1.82, 2.24) is 14.4 Å².